The summed E-state index contributed by atoms with van der Waals surface area (Å²) in [6, 6.07) is 5.88. The normalized spacial score (nSPS) is 17.6. The van der Waals surface area contributed by atoms with Gasteiger partial charge in [0.25, 0.3) is 0 Å². The fourth-order valence-corrected chi connectivity index (χ4v) is 2.33. The summed E-state index contributed by atoms with van der Waals surface area (Å²) in [6.45, 7) is 4.31. The van der Waals surface area contributed by atoms with Crippen molar-refractivity contribution in [1.29, 1.82) is 5.26 Å². The van der Waals surface area contributed by atoms with Crippen LogP contribution >= 0.6 is 0 Å². The summed E-state index contributed by atoms with van der Waals surface area (Å²) in [4.78, 5) is 6.36. The third-order valence-electron chi connectivity index (χ3n) is 3.54. The molecule has 1 fully saturated rings. The van der Waals surface area contributed by atoms with E-state index in [0.29, 0.717) is 5.69 Å². The minimum Gasteiger partial charge on any atom is -0.312 e. The molecule has 4 nitrogen and oxygen atoms in total. The Morgan fingerprint density at radius 1 is 1.50 bits per heavy atom. The van der Waals surface area contributed by atoms with Gasteiger partial charge in [0.2, 0.25) is 0 Å². The van der Waals surface area contributed by atoms with Gasteiger partial charge < -0.3 is 10.2 Å². The van der Waals surface area contributed by atoms with Crippen LogP contribution < -0.4 is 5.32 Å². The molecule has 4 heteroatoms. The molecule has 0 radical (unpaired) electrons. The number of likely N-dealkylation sites (tertiary alicyclic amines) is 1. The Hall–Kier alpha value is -1.44. The van der Waals surface area contributed by atoms with Crippen molar-refractivity contribution in [2.75, 3.05) is 26.7 Å². The van der Waals surface area contributed by atoms with Crippen LogP contribution in [-0.2, 0) is 6.54 Å². The van der Waals surface area contributed by atoms with Gasteiger partial charge in [-0.3, -0.25) is 0 Å². The predicted octanol–water partition coefficient (Wildman–Crippen LogP) is 1.38. The number of piperidine rings is 1. The first kappa shape index (κ1) is 13.0. The third kappa shape index (κ3) is 3.80. The molecule has 0 unspecified atom stereocenters. The van der Waals surface area contributed by atoms with Crippen LogP contribution in [-0.4, -0.2) is 36.6 Å². The molecule has 1 N–H and O–H groups in total. The Balaban J connectivity index is 1.73. The maximum Gasteiger partial charge on any atom is 0.140 e. The monoisotopic (exact) mass is 244 g/mol. The van der Waals surface area contributed by atoms with E-state index in [1.54, 1.807) is 6.20 Å². The lowest BCUT2D eigenvalue weighted by atomic mass is 9.97. The molecule has 1 aromatic rings. The number of pyridine rings is 1. The van der Waals surface area contributed by atoms with Crippen LogP contribution in [0.2, 0.25) is 0 Å². The molecule has 1 aromatic heterocycles. The molecular formula is C14H20N4. The molecule has 0 spiro atoms. The van der Waals surface area contributed by atoms with E-state index in [1.165, 1.54) is 25.9 Å². The lowest BCUT2D eigenvalue weighted by Crippen LogP contribution is -2.34. The minimum atomic E-state index is 0.494. The van der Waals surface area contributed by atoms with Crippen LogP contribution in [0, 0.1) is 17.2 Å². The zero-order valence-corrected chi connectivity index (χ0v) is 10.9. The third-order valence-corrected chi connectivity index (χ3v) is 3.54. The Kier molecular flexibility index (Phi) is 4.68. The van der Waals surface area contributed by atoms with Gasteiger partial charge in [0.05, 0.1) is 0 Å². The van der Waals surface area contributed by atoms with E-state index < -0.39 is 0 Å². The number of hydrogen-bond acceptors (Lipinski definition) is 4. The van der Waals surface area contributed by atoms with Crippen molar-refractivity contribution in [2.45, 2.75) is 19.4 Å². The predicted molar refractivity (Wildman–Crippen MR) is 70.9 cm³/mol. The van der Waals surface area contributed by atoms with Crippen LogP contribution in [0.1, 0.15) is 24.1 Å². The smallest absolute Gasteiger partial charge is 0.140 e. The lowest BCUT2D eigenvalue weighted by molar-refractivity contribution is 0.216. The molecule has 0 saturated carbocycles. The summed E-state index contributed by atoms with van der Waals surface area (Å²) in [5, 5.41) is 12.3. The highest BCUT2D eigenvalue weighted by molar-refractivity contribution is 5.25. The van der Waals surface area contributed by atoms with Gasteiger partial charge in [0.15, 0.2) is 0 Å². The maximum absolute atomic E-state index is 8.78. The van der Waals surface area contributed by atoms with Gasteiger partial charge in [-0.05, 0) is 63.1 Å². The topological polar surface area (TPSA) is 52.0 Å². The molecule has 1 aliphatic heterocycles. The number of nitrogens with one attached hydrogen (secondary N) is 1. The van der Waals surface area contributed by atoms with Gasteiger partial charge in [0, 0.05) is 12.7 Å². The van der Waals surface area contributed by atoms with E-state index >= 15 is 0 Å². The molecular weight excluding hydrogens is 224 g/mol. The summed E-state index contributed by atoms with van der Waals surface area (Å²) in [5.41, 5.74) is 1.63. The van der Waals surface area contributed by atoms with Crippen molar-refractivity contribution < 1.29 is 0 Å². The SMILES string of the molecule is CN1CCC(CNCc2ccnc(C#N)c2)CC1. The molecule has 0 atom stereocenters. The van der Waals surface area contributed by atoms with Gasteiger partial charge >= 0.3 is 0 Å². The van der Waals surface area contributed by atoms with Crippen LogP contribution in [0.3, 0.4) is 0 Å². The van der Waals surface area contributed by atoms with Crippen LogP contribution in [0.15, 0.2) is 18.3 Å². The van der Waals surface area contributed by atoms with Crippen molar-refractivity contribution in [3.63, 3.8) is 0 Å². The number of nitriles is 1. The first-order valence-corrected chi connectivity index (χ1v) is 6.52. The van der Waals surface area contributed by atoms with Crippen molar-refractivity contribution in [1.82, 2.24) is 15.2 Å². The summed E-state index contributed by atoms with van der Waals surface area (Å²) < 4.78 is 0. The van der Waals surface area contributed by atoms with Crippen molar-refractivity contribution in [3.05, 3.63) is 29.6 Å². The van der Waals surface area contributed by atoms with Gasteiger partial charge in [0.1, 0.15) is 11.8 Å². The van der Waals surface area contributed by atoms with Crippen LogP contribution in [0.25, 0.3) is 0 Å². The van der Waals surface area contributed by atoms with E-state index in [9.17, 15) is 0 Å². The largest absolute Gasteiger partial charge is 0.312 e. The number of aromatic nitrogens is 1. The highest BCUT2D eigenvalue weighted by Crippen LogP contribution is 2.14. The second kappa shape index (κ2) is 6.48. The molecule has 18 heavy (non-hydrogen) atoms. The zero-order valence-electron chi connectivity index (χ0n) is 10.9. The average molecular weight is 244 g/mol. The molecule has 2 heterocycles. The van der Waals surface area contributed by atoms with E-state index in [0.717, 1.165) is 24.6 Å². The Morgan fingerprint density at radius 3 is 3.00 bits per heavy atom. The number of nitrogens with zero attached hydrogens (tertiary/aromatic N) is 3. The van der Waals surface area contributed by atoms with Crippen LogP contribution in [0.4, 0.5) is 0 Å². The Bertz CT molecular complexity index is 416. The van der Waals surface area contributed by atoms with Gasteiger partial charge in [-0.2, -0.15) is 5.26 Å². The molecule has 0 aromatic carbocycles. The summed E-state index contributed by atoms with van der Waals surface area (Å²) in [5.74, 6) is 0.790. The molecule has 0 amide bonds. The Morgan fingerprint density at radius 2 is 2.28 bits per heavy atom. The second-order valence-corrected chi connectivity index (χ2v) is 5.04. The fourth-order valence-electron chi connectivity index (χ4n) is 2.33. The average Bonchev–Trinajstić information content (AvgIpc) is 2.41. The van der Waals surface area contributed by atoms with E-state index in [2.05, 4.69) is 28.3 Å². The van der Waals surface area contributed by atoms with Gasteiger partial charge in [-0.15, -0.1) is 0 Å². The first-order valence-electron chi connectivity index (χ1n) is 6.52. The molecule has 96 valence electrons. The quantitative estimate of drug-likeness (QED) is 0.869. The molecule has 1 aliphatic rings. The maximum atomic E-state index is 8.78. The van der Waals surface area contributed by atoms with Crippen LogP contribution in [0.5, 0.6) is 0 Å². The van der Waals surface area contributed by atoms with E-state index in [-0.39, 0.29) is 0 Å². The summed E-state index contributed by atoms with van der Waals surface area (Å²) in [6.07, 6.45) is 4.26. The number of rotatable bonds is 4. The standard InChI is InChI=1S/C14H20N4/c1-18-6-3-12(4-7-18)10-16-11-13-2-5-17-14(8-13)9-15/h2,5,8,12,16H,3-4,6-7,10-11H2,1H3. The van der Waals surface area contributed by atoms with Crippen molar-refractivity contribution >= 4 is 0 Å². The van der Waals surface area contributed by atoms with E-state index in [4.69, 9.17) is 5.26 Å². The molecule has 0 bridgehead atoms. The molecule has 1 saturated heterocycles. The Labute approximate surface area is 109 Å². The first-order chi connectivity index (χ1) is 8.78. The molecule has 0 aliphatic carbocycles. The zero-order chi connectivity index (χ0) is 12.8. The number of hydrogen-bond donors (Lipinski definition) is 1. The highest BCUT2D eigenvalue weighted by atomic mass is 15.1. The van der Waals surface area contributed by atoms with E-state index in [1.807, 2.05) is 12.1 Å². The minimum absolute atomic E-state index is 0.494. The van der Waals surface area contributed by atoms with Gasteiger partial charge in [-0.25, -0.2) is 4.98 Å². The van der Waals surface area contributed by atoms with Gasteiger partial charge in [-0.1, -0.05) is 0 Å². The fraction of sp³-hybridized carbons (Fsp3) is 0.571. The summed E-state index contributed by atoms with van der Waals surface area (Å²) >= 11 is 0. The molecule has 2 rings (SSSR count). The summed E-state index contributed by atoms with van der Waals surface area (Å²) in [7, 11) is 2.18. The lowest BCUT2D eigenvalue weighted by Gasteiger charge is -2.29. The van der Waals surface area contributed by atoms with Crippen molar-refractivity contribution in [2.24, 2.45) is 5.92 Å². The second-order valence-electron chi connectivity index (χ2n) is 5.04. The van der Waals surface area contributed by atoms with Crippen molar-refractivity contribution in [3.8, 4) is 6.07 Å². The highest BCUT2D eigenvalue weighted by Gasteiger charge is 2.15.